The Hall–Kier alpha value is -0.660. The van der Waals surface area contributed by atoms with Gasteiger partial charge in [-0.2, -0.15) is 0 Å². The standard InChI is InChI=1S/C19H35N3O3S/c1-16(2)26(24,25)22-10-5-9-20(12-13-22)15-19(23)21-11-8-17-6-3-4-7-18(17)14-21/h16-18H,3-15H2,1-2H3. The number of carbonyl (C=O) groups excluding carboxylic acids is 1. The van der Waals surface area contributed by atoms with Crippen LogP contribution in [0.2, 0.25) is 0 Å². The molecule has 0 aromatic rings. The van der Waals surface area contributed by atoms with Gasteiger partial charge in [-0.3, -0.25) is 9.69 Å². The first-order chi connectivity index (χ1) is 12.4. The fraction of sp³-hybridized carbons (Fsp3) is 0.947. The summed E-state index contributed by atoms with van der Waals surface area (Å²) in [5, 5.41) is -0.382. The van der Waals surface area contributed by atoms with Crippen LogP contribution in [0.1, 0.15) is 52.4 Å². The Kier molecular flexibility index (Phi) is 6.62. The Labute approximate surface area is 158 Å². The molecule has 7 heteroatoms. The fourth-order valence-electron chi connectivity index (χ4n) is 4.78. The van der Waals surface area contributed by atoms with Crippen LogP contribution in [0.5, 0.6) is 0 Å². The van der Waals surface area contributed by atoms with Crippen molar-refractivity contribution in [3.63, 3.8) is 0 Å². The van der Waals surface area contributed by atoms with Crippen LogP contribution in [0.15, 0.2) is 0 Å². The van der Waals surface area contributed by atoms with Crippen molar-refractivity contribution in [1.29, 1.82) is 0 Å². The Morgan fingerprint density at radius 1 is 0.923 bits per heavy atom. The molecule has 0 bridgehead atoms. The SMILES string of the molecule is CC(C)S(=O)(=O)N1CCCN(CC(=O)N2CCC3CCCCC3C2)CC1. The van der Waals surface area contributed by atoms with Gasteiger partial charge in [0.1, 0.15) is 0 Å². The van der Waals surface area contributed by atoms with Crippen molar-refractivity contribution in [2.45, 2.75) is 57.6 Å². The van der Waals surface area contributed by atoms with Gasteiger partial charge in [-0.15, -0.1) is 0 Å². The molecule has 2 unspecified atom stereocenters. The molecule has 2 heterocycles. The Morgan fingerprint density at radius 3 is 2.38 bits per heavy atom. The molecule has 3 fully saturated rings. The van der Waals surface area contributed by atoms with Crippen LogP contribution in [-0.4, -0.2) is 79.5 Å². The van der Waals surface area contributed by atoms with Gasteiger partial charge in [-0.1, -0.05) is 19.3 Å². The molecule has 0 spiro atoms. The van der Waals surface area contributed by atoms with Crippen LogP contribution >= 0.6 is 0 Å². The summed E-state index contributed by atoms with van der Waals surface area (Å²) in [6.07, 6.45) is 7.26. The maximum atomic E-state index is 12.8. The molecule has 0 aromatic heterocycles. The van der Waals surface area contributed by atoms with Crippen LogP contribution in [0.25, 0.3) is 0 Å². The van der Waals surface area contributed by atoms with E-state index in [1.54, 1.807) is 18.2 Å². The van der Waals surface area contributed by atoms with Crippen molar-refractivity contribution in [3.8, 4) is 0 Å². The lowest BCUT2D eigenvalue weighted by Gasteiger charge is -2.41. The third-order valence-corrected chi connectivity index (χ3v) is 8.78. The van der Waals surface area contributed by atoms with Crippen LogP contribution in [0.4, 0.5) is 0 Å². The van der Waals surface area contributed by atoms with E-state index in [2.05, 4.69) is 9.80 Å². The first-order valence-corrected chi connectivity index (χ1v) is 11.9. The largest absolute Gasteiger partial charge is 0.341 e. The summed E-state index contributed by atoms with van der Waals surface area (Å²) >= 11 is 0. The van der Waals surface area contributed by atoms with Crippen molar-refractivity contribution < 1.29 is 13.2 Å². The number of piperidine rings is 1. The van der Waals surface area contributed by atoms with Gasteiger partial charge in [0, 0.05) is 32.7 Å². The molecular formula is C19H35N3O3S. The van der Waals surface area contributed by atoms with E-state index in [-0.39, 0.29) is 11.2 Å². The van der Waals surface area contributed by atoms with E-state index in [1.165, 1.54) is 25.7 Å². The van der Waals surface area contributed by atoms with E-state index in [0.717, 1.165) is 38.4 Å². The van der Waals surface area contributed by atoms with Crippen LogP contribution in [-0.2, 0) is 14.8 Å². The predicted molar refractivity (Wildman–Crippen MR) is 103 cm³/mol. The van der Waals surface area contributed by atoms with Crippen molar-refractivity contribution in [3.05, 3.63) is 0 Å². The summed E-state index contributed by atoms with van der Waals surface area (Å²) < 4.78 is 26.4. The number of fused-ring (bicyclic) bond motifs is 1. The molecule has 6 nitrogen and oxygen atoms in total. The van der Waals surface area contributed by atoms with Crippen molar-refractivity contribution >= 4 is 15.9 Å². The zero-order chi connectivity index (χ0) is 18.7. The number of likely N-dealkylation sites (tertiary alicyclic amines) is 1. The first kappa shape index (κ1) is 20.1. The zero-order valence-electron chi connectivity index (χ0n) is 16.4. The van der Waals surface area contributed by atoms with Gasteiger partial charge in [0.15, 0.2) is 0 Å². The molecule has 0 N–H and O–H groups in total. The molecular weight excluding hydrogens is 350 g/mol. The van der Waals surface area contributed by atoms with Crippen LogP contribution < -0.4 is 0 Å². The van der Waals surface area contributed by atoms with Gasteiger partial charge in [0.2, 0.25) is 15.9 Å². The van der Waals surface area contributed by atoms with E-state index >= 15 is 0 Å². The minimum atomic E-state index is -3.20. The summed E-state index contributed by atoms with van der Waals surface area (Å²) in [6, 6.07) is 0. The van der Waals surface area contributed by atoms with E-state index in [9.17, 15) is 13.2 Å². The lowest BCUT2D eigenvalue weighted by atomic mass is 9.75. The molecule has 0 radical (unpaired) electrons. The summed E-state index contributed by atoms with van der Waals surface area (Å²) in [6.45, 7) is 8.26. The highest BCUT2D eigenvalue weighted by molar-refractivity contribution is 7.89. The molecule has 1 saturated carbocycles. The van der Waals surface area contributed by atoms with Crippen molar-refractivity contribution in [1.82, 2.24) is 14.1 Å². The number of hydrogen-bond acceptors (Lipinski definition) is 4. The lowest BCUT2D eigenvalue weighted by Crippen LogP contribution is -2.48. The van der Waals surface area contributed by atoms with E-state index < -0.39 is 10.0 Å². The van der Waals surface area contributed by atoms with Gasteiger partial charge in [0.05, 0.1) is 11.8 Å². The second-order valence-corrected chi connectivity index (χ2v) is 11.0. The number of nitrogens with zero attached hydrogens (tertiary/aromatic N) is 3. The molecule has 2 atom stereocenters. The summed E-state index contributed by atoms with van der Waals surface area (Å²) in [4.78, 5) is 17.0. The highest BCUT2D eigenvalue weighted by Crippen LogP contribution is 2.36. The molecule has 3 aliphatic rings. The number of sulfonamides is 1. The molecule has 1 amide bonds. The maximum Gasteiger partial charge on any atom is 0.236 e. The smallest absolute Gasteiger partial charge is 0.236 e. The molecule has 0 aromatic carbocycles. The van der Waals surface area contributed by atoms with Gasteiger partial charge in [-0.25, -0.2) is 12.7 Å². The molecule has 1 aliphatic carbocycles. The van der Waals surface area contributed by atoms with Crippen LogP contribution in [0.3, 0.4) is 0 Å². The van der Waals surface area contributed by atoms with Crippen molar-refractivity contribution in [2.24, 2.45) is 11.8 Å². The second-order valence-electron chi connectivity index (χ2n) is 8.56. The molecule has 3 rings (SSSR count). The topological polar surface area (TPSA) is 60.9 Å². The third kappa shape index (κ3) is 4.60. The summed E-state index contributed by atoms with van der Waals surface area (Å²) in [5.74, 6) is 1.77. The fourth-order valence-corrected chi connectivity index (χ4v) is 6.09. The van der Waals surface area contributed by atoms with Crippen LogP contribution in [0, 0.1) is 11.8 Å². The van der Waals surface area contributed by atoms with Gasteiger partial charge >= 0.3 is 0 Å². The monoisotopic (exact) mass is 385 g/mol. The normalized spacial score (nSPS) is 29.4. The van der Waals surface area contributed by atoms with E-state index in [0.29, 0.717) is 32.1 Å². The summed E-state index contributed by atoms with van der Waals surface area (Å²) in [5.41, 5.74) is 0. The van der Waals surface area contributed by atoms with Gasteiger partial charge in [0.25, 0.3) is 0 Å². The molecule has 26 heavy (non-hydrogen) atoms. The maximum absolute atomic E-state index is 12.8. The predicted octanol–water partition coefficient (Wildman–Crippen LogP) is 1.77. The molecule has 2 saturated heterocycles. The summed E-state index contributed by atoms with van der Waals surface area (Å²) in [7, 11) is -3.20. The number of hydrogen-bond donors (Lipinski definition) is 0. The number of amides is 1. The Bertz CT molecular complexity index is 593. The highest BCUT2D eigenvalue weighted by Gasteiger charge is 2.34. The minimum Gasteiger partial charge on any atom is -0.341 e. The first-order valence-electron chi connectivity index (χ1n) is 10.4. The number of carbonyl (C=O) groups is 1. The average Bonchev–Trinajstić information content (AvgIpc) is 2.87. The van der Waals surface area contributed by atoms with E-state index in [4.69, 9.17) is 0 Å². The Morgan fingerprint density at radius 2 is 1.65 bits per heavy atom. The average molecular weight is 386 g/mol. The molecule has 150 valence electrons. The molecule has 2 aliphatic heterocycles. The quantitative estimate of drug-likeness (QED) is 0.740. The highest BCUT2D eigenvalue weighted by atomic mass is 32.2. The van der Waals surface area contributed by atoms with Gasteiger partial charge in [-0.05, 0) is 51.5 Å². The van der Waals surface area contributed by atoms with Crippen molar-refractivity contribution in [2.75, 3.05) is 45.8 Å². The second kappa shape index (κ2) is 8.57. The zero-order valence-corrected chi connectivity index (χ0v) is 17.2. The van der Waals surface area contributed by atoms with Gasteiger partial charge < -0.3 is 4.90 Å². The lowest BCUT2D eigenvalue weighted by molar-refractivity contribution is -0.135. The minimum absolute atomic E-state index is 0.231. The number of rotatable bonds is 4. The third-order valence-electron chi connectivity index (χ3n) is 6.51. The van der Waals surface area contributed by atoms with E-state index in [1.807, 2.05) is 0 Å². The Balaban J connectivity index is 1.50.